The maximum atomic E-state index is 13.5. The van der Waals surface area contributed by atoms with E-state index in [0.29, 0.717) is 16.5 Å². The fourth-order valence-electron chi connectivity index (χ4n) is 3.55. The van der Waals surface area contributed by atoms with Gasteiger partial charge in [0.2, 0.25) is 0 Å². The molecule has 1 aliphatic rings. The van der Waals surface area contributed by atoms with Gasteiger partial charge >= 0.3 is 0 Å². The highest BCUT2D eigenvalue weighted by atomic mass is 35.5. The second-order valence-electron chi connectivity index (χ2n) is 7.50. The molecular formula is C22H19ClF2N2O. The van der Waals surface area contributed by atoms with E-state index in [1.54, 1.807) is 6.20 Å². The number of hydrogen-bond acceptors (Lipinski definition) is 3. The van der Waals surface area contributed by atoms with Crippen LogP contribution in [0.2, 0.25) is 5.02 Å². The molecule has 0 amide bonds. The number of benzene rings is 1. The molecule has 4 rings (SSSR count). The van der Waals surface area contributed by atoms with Crippen LogP contribution in [0.4, 0.5) is 8.78 Å². The molecule has 0 spiro atoms. The first kappa shape index (κ1) is 18.9. The van der Waals surface area contributed by atoms with Crippen molar-refractivity contribution < 1.29 is 13.6 Å². The molecule has 0 saturated heterocycles. The highest BCUT2D eigenvalue weighted by Crippen LogP contribution is 2.45. The van der Waals surface area contributed by atoms with E-state index in [9.17, 15) is 13.6 Å². The Labute approximate surface area is 166 Å². The van der Waals surface area contributed by atoms with E-state index in [0.717, 1.165) is 42.4 Å². The summed E-state index contributed by atoms with van der Waals surface area (Å²) in [6.45, 7) is 0.824. The van der Waals surface area contributed by atoms with Crippen molar-refractivity contribution >= 4 is 28.3 Å². The molecule has 6 heteroatoms. The van der Waals surface area contributed by atoms with Crippen LogP contribution in [0.1, 0.15) is 47.9 Å². The van der Waals surface area contributed by atoms with Crippen molar-refractivity contribution in [1.29, 1.82) is 0 Å². The molecular weight excluding hydrogens is 382 g/mol. The molecule has 1 aromatic carbocycles. The Morgan fingerprint density at radius 3 is 2.68 bits per heavy atom. The lowest BCUT2D eigenvalue weighted by Crippen LogP contribution is -2.12. The van der Waals surface area contributed by atoms with Crippen molar-refractivity contribution in [3.63, 3.8) is 0 Å². The fourth-order valence-corrected chi connectivity index (χ4v) is 3.72. The van der Waals surface area contributed by atoms with Gasteiger partial charge in [-0.15, -0.1) is 0 Å². The first-order valence-electron chi connectivity index (χ1n) is 9.22. The Bertz CT molecular complexity index is 1060. The Morgan fingerprint density at radius 1 is 1.18 bits per heavy atom. The van der Waals surface area contributed by atoms with Crippen LogP contribution in [0.15, 0.2) is 42.9 Å². The molecule has 144 valence electrons. The normalized spacial score (nSPS) is 14.4. The summed E-state index contributed by atoms with van der Waals surface area (Å²) >= 11 is 6.07. The predicted molar refractivity (Wildman–Crippen MR) is 105 cm³/mol. The number of nitrogens with zero attached hydrogens (tertiary/aromatic N) is 2. The van der Waals surface area contributed by atoms with E-state index in [4.69, 9.17) is 11.6 Å². The average molecular weight is 401 g/mol. The Balaban J connectivity index is 1.59. The first-order valence-corrected chi connectivity index (χ1v) is 9.60. The van der Waals surface area contributed by atoms with Gasteiger partial charge in [-0.3, -0.25) is 14.8 Å². The second-order valence-corrected chi connectivity index (χ2v) is 7.93. The summed E-state index contributed by atoms with van der Waals surface area (Å²) in [6.07, 6.45) is 6.84. The highest BCUT2D eigenvalue weighted by molar-refractivity contribution is 6.31. The molecule has 0 aliphatic heterocycles. The average Bonchev–Trinajstić information content (AvgIpc) is 3.46. The molecule has 1 saturated carbocycles. The van der Waals surface area contributed by atoms with Crippen molar-refractivity contribution in [3.05, 3.63) is 70.1 Å². The van der Waals surface area contributed by atoms with Crippen LogP contribution in [0.3, 0.4) is 0 Å². The van der Waals surface area contributed by atoms with Gasteiger partial charge in [0.1, 0.15) is 5.78 Å². The number of alkyl halides is 2. The number of carbonyl (C=O) groups is 1. The van der Waals surface area contributed by atoms with Gasteiger partial charge in [-0.05, 0) is 53.6 Å². The summed E-state index contributed by atoms with van der Waals surface area (Å²) in [5.74, 6) is -2.58. The molecule has 0 N–H and O–H groups in total. The lowest BCUT2D eigenvalue weighted by Gasteiger charge is -2.13. The number of ketones is 1. The molecule has 28 heavy (non-hydrogen) atoms. The maximum absolute atomic E-state index is 13.5. The number of carbonyl (C=O) groups excluding carboxylic acids is 1. The number of halogens is 3. The van der Waals surface area contributed by atoms with Gasteiger partial charge in [0.05, 0.1) is 5.52 Å². The molecule has 0 unspecified atom stereocenters. The minimum Gasteiger partial charge on any atom is -0.299 e. The number of fused-ring (bicyclic) bond motifs is 1. The summed E-state index contributed by atoms with van der Waals surface area (Å²) in [4.78, 5) is 21.0. The predicted octanol–water partition coefficient (Wildman–Crippen LogP) is 5.63. The van der Waals surface area contributed by atoms with Gasteiger partial charge in [0.15, 0.2) is 0 Å². The Hall–Kier alpha value is -2.40. The van der Waals surface area contributed by atoms with Gasteiger partial charge in [0, 0.05) is 54.3 Å². The summed E-state index contributed by atoms with van der Waals surface area (Å²) in [5.41, 5.74) is 3.22. The number of rotatable bonds is 6. The third kappa shape index (κ3) is 4.04. The van der Waals surface area contributed by atoms with E-state index < -0.39 is 5.92 Å². The Kier molecular flexibility index (Phi) is 4.88. The molecule has 2 heterocycles. The van der Waals surface area contributed by atoms with E-state index in [2.05, 4.69) is 9.97 Å². The monoisotopic (exact) mass is 400 g/mol. The summed E-state index contributed by atoms with van der Waals surface area (Å²) in [7, 11) is 0. The van der Waals surface area contributed by atoms with Crippen molar-refractivity contribution in [2.45, 2.75) is 44.4 Å². The highest BCUT2D eigenvalue weighted by Gasteiger charge is 2.29. The lowest BCUT2D eigenvalue weighted by molar-refractivity contribution is -0.117. The van der Waals surface area contributed by atoms with Crippen LogP contribution < -0.4 is 0 Å². The van der Waals surface area contributed by atoms with Crippen molar-refractivity contribution in [2.75, 3.05) is 0 Å². The van der Waals surface area contributed by atoms with Gasteiger partial charge in [-0.1, -0.05) is 17.7 Å². The van der Waals surface area contributed by atoms with Gasteiger partial charge in [-0.25, -0.2) is 8.78 Å². The standard InChI is InChI=1S/C22H19ClF2N2O/c1-22(24,25)16-6-13(10-26-12-16)7-18(28)8-15-11-27-20-9-17(23)4-5-19(20)21(15)14-2-3-14/h4-6,9-12,14H,2-3,7-8H2,1H3. The van der Waals surface area contributed by atoms with Crippen LogP contribution in [0, 0.1) is 0 Å². The quantitative estimate of drug-likeness (QED) is 0.538. The van der Waals surface area contributed by atoms with Gasteiger partial charge < -0.3 is 0 Å². The number of aromatic nitrogens is 2. The van der Waals surface area contributed by atoms with Gasteiger partial charge in [0.25, 0.3) is 5.92 Å². The van der Waals surface area contributed by atoms with Crippen molar-refractivity contribution in [2.24, 2.45) is 0 Å². The molecule has 3 nitrogen and oxygen atoms in total. The van der Waals surface area contributed by atoms with E-state index in [1.165, 1.54) is 17.8 Å². The van der Waals surface area contributed by atoms with Gasteiger partial charge in [-0.2, -0.15) is 0 Å². The zero-order valence-corrected chi connectivity index (χ0v) is 16.1. The molecule has 1 fully saturated rings. The van der Waals surface area contributed by atoms with Crippen molar-refractivity contribution in [3.8, 4) is 0 Å². The SMILES string of the molecule is CC(F)(F)c1cncc(CC(=O)Cc2cnc3cc(Cl)ccc3c2C2CC2)c1. The molecule has 2 aromatic heterocycles. The second kappa shape index (κ2) is 7.21. The maximum Gasteiger partial charge on any atom is 0.272 e. The topological polar surface area (TPSA) is 42.9 Å². The van der Waals surface area contributed by atoms with Crippen molar-refractivity contribution in [1.82, 2.24) is 9.97 Å². The van der Waals surface area contributed by atoms with Crippen LogP contribution >= 0.6 is 11.6 Å². The summed E-state index contributed by atoms with van der Waals surface area (Å²) in [5, 5.41) is 1.66. The molecule has 1 aliphatic carbocycles. The van der Waals surface area contributed by atoms with E-state index in [-0.39, 0.29) is 24.2 Å². The number of Topliss-reactive ketones (excluding diaryl/α,β-unsaturated/α-hetero) is 1. The van der Waals surface area contributed by atoms with Crippen LogP contribution in [-0.4, -0.2) is 15.8 Å². The lowest BCUT2D eigenvalue weighted by atomic mass is 9.94. The third-order valence-corrected chi connectivity index (χ3v) is 5.27. The molecule has 0 radical (unpaired) electrons. The summed E-state index contributed by atoms with van der Waals surface area (Å²) in [6, 6.07) is 6.98. The summed E-state index contributed by atoms with van der Waals surface area (Å²) < 4.78 is 27.0. The third-order valence-electron chi connectivity index (χ3n) is 5.03. The minimum absolute atomic E-state index is 0.0459. The van der Waals surface area contributed by atoms with E-state index >= 15 is 0 Å². The van der Waals surface area contributed by atoms with Crippen LogP contribution in [0.25, 0.3) is 10.9 Å². The Morgan fingerprint density at radius 2 is 1.96 bits per heavy atom. The number of pyridine rings is 2. The molecule has 3 aromatic rings. The molecule has 0 bridgehead atoms. The first-order chi connectivity index (χ1) is 13.3. The number of hydrogen-bond donors (Lipinski definition) is 0. The molecule has 0 atom stereocenters. The smallest absolute Gasteiger partial charge is 0.272 e. The largest absolute Gasteiger partial charge is 0.299 e. The fraction of sp³-hybridized carbons (Fsp3) is 0.318. The zero-order chi connectivity index (χ0) is 19.9. The minimum atomic E-state index is -2.98. The zero-order valence-electron chi connectivity index (χ0n) is 15.4. The van der Waals surface area contributed by atoms with Crippen LogP contribution in [-0.2, 0) is 23.6 Å². The van der Waals surface area contributed by atoms with E-state index in [1.807, 2.05) is 18.2 Å². The van der Waals surface area contributed by atoms with Crippen LogP contribution in [0.5, 0.6) is 0 Å².